The Morgan fingerprint density at radius 3 is 2.50 bits per heavy atom. The van der Waals surface area contributed by atoms with Crippen LogP contribution in [-0.2, 0) is 0 Å². The van der Waals surface area contributed by atoms with Gasteiger partial charge >= 0.3 is 0 Å². The van der Waals surface area contributed by atoms with Crippen molar-refractivity contribution in [3.8, 4) is 0 Å². The number of nitrogens with zero attached hydrogens (tertiary/aromatic N) is 2. The third-order valence-electron chi connectivity index (χ3n) is 2.19. The standard InChI is InChI=1S/C10H13N3O3/c1-8(12(2)13(15)16)11-10(14)9-6-4-3-5-7-9/h3-8H,1-2H3,(H,11,14)/t8-/m1/s1. The van der Waals surface area contributed by atoms with Crippen LogP contribution in [0, 0.1) is 10.1 Å². The minimum absolute atomic E-state index is 0.332. The van der Waals surface area contributed by atoms with Gasteiger partial charge in [-0.2, -0.15) is 0 Å². The van der Waals surface area contributed by atoms with Crippen LogP contribution in [0.4, 0.5) is 0 Å². The summed E-state index contributed by atoms with van der Waals surface area (Å²) in [6, 6.07) is 8.55. The van der Waals surface area contributed by atoms with E-state index in [1.54, 1.807) is 37.3 Å². The summed E-state index contributed by atoms with van der Waals surface area (Å²) in [6.45, 7) is 1.55. The summed E-state index contributed by atoms with van der Waals surface area (Å²) in [6.07, 6.45) is -0.664. The average Bonchev–Trinajstić information content (AvgIpc) is 2.28. The van der Waals surface area contributed by atoms with Crippen LogP contribution in [0.1, 0.15) is 17.3 Å². The molecule has 1 N–H and O–H groups in total. The molecule has 0 saturated heterocycles. The van der Waals surface area contributed by atoms with Crippen LogP contribution < -0.4 is 5.32 Å². The van der Waals surface area contributed by atoms with Crippen LogP contribution in [0.2, 0.25) is 0 Å². The van der Waals surface area contributed by atoms with Gasteiger partial charge in [0.1, 0.15) is 0 Å². The second kappa shape index (κ2) is 5.11. The Kier molecular flexibility index (Phi) is 3.82. The molecule has 86 valence electrons. The van der Waals surface area contributed by atoms with Gasteiger partial charge in [-0.3, -0.25) is 4.79 Å². The van der Waals surface area contributed by atoms with Gasteiger partial charge in [0.25, 0.3) is 5.91 Å². The summed E-state index contributed by atoms with van der Waals surface area (Å²) in [7, 11) is 1.30. The second-order valence-electron chi connectivity index (χ2n) is 3.33. The van der Waals surface area contributed by atoms with Crippen molar-refractivity contribution in [1.29, 1.82) is 0 Å². The van der Waals surface area contributed by atoms with E-state index < -0.39 is 11.2 Å². The van der Waals surface area contributed by atoms with Gasteiger partial charge in [0.15, 0.2) is 11.2 Å². The van der Waals surface area contributed by atoms with Crippen molar-refractivity contribution in [2.24, 2.45) is 0 Å². The summed E-state index contributed by atoms with van der Waals surface area (Å²) >= 11 is 0. The van der Waals surface area contributed by atoms with Gasteiger partial charge in [0.2, 0.25) is 0 Å². The first kappa shape index (κ1) is 12.0. The van der Waals surface area contributed by atoms with Gasteiger partial charge in [-0.25, -0.2) is 10.1 Å². The van der Waals surface area contributed by atoms with Gasteiger partial charge in [0.05, 0.1) is 7.05 Å². The first-order valence-electron chi connectivity index (χ1n) is 4.75. The van der Waals surface area contributed by atoms with E-state index in [2.05, 4.69) is 5.32 Å². The average molecular weight is 223 g/mol. The van der Waals surface area contributed by atoms with Crippen LogP contribution in [0.5, 0.6) is 0 Å². The molecule has 0 aliphatic heterocycles. The Balaban J connectivity index is 2.62. The highest BCUT2D eigenvalue weighted by molar-refractivity contribution is 5.94. The zero-order valence-corrected chi connectivity index (χ0v) is 9.08. The minimum Gasteiger partial charge on any atom is -0.327 e. The molecule has 16 heavy (non-hydrogen) atoms. The third-order valence-corrected chi connectivity index (χ3v) is 2.19. The van der Waals surface area contributed by atoms with Crippen LogP contribution in [-0.4, -0.2) is 29.2 Å². The van der Waals surface area contributed by atoms with E-state index in [4.69, 9.17) is 0 Å². The lowest BCUT2D eigenvalue weighted by Gasteiger charge is -2.18. The second-order valence-corrected chi connectivity index (χ2v) is 3.33. The minimum atomic E-state index is -0.664. The van der Waals surface area contributed by atoms with E-state index in [0.717, 1.165) is 5.01 Å². The Morgan fingerprint density at radius 2 is 2.00 bits per heavy atom. The van der Waals surface area contributed by atoms with Crippen molar-refractivity contribution in [1.82, 2.24) is 10.3 Å². The number of rotatable bonds is 4. The van der Waals surface area contributed by atoms with Crippen molar-refractivity contribution in [3.63, 3.8) is 0 Å². The molecule has 0 aliphatic carbocycles. The van der Waals surface area contributed by atoms with Crippen molar-refractivity contribution in [3.05, 3.63) is 46.0 Å². The Labute approximate surface area is 93.0 Å². The molecule has 6 nitrogen and oxygen atoms in total. The SMILES string of the molecule is C[C@H](NC(=O)c1ccccc1)N(C)[N+](=O)[O-]. The quantitative estimate of drug-likeness (QED) is 0.467. The molecular formula is C10H13N3O3. The molecule has 0 aromatic heterocycles. The first-order valence-corrected chi connectivity index (χ1v) is 4.75. The molecule has 0 aliphatic rings. The van der Waals surface area contributed by atoms with Gasteiger partial charge in [-0.05, 0) is 19.1 Å². The topological polar surface area (TPSA) is 75.5 Å². The zero-order valence-electron chi connectivity index (χ0n) is 9.08. The molecule has 1 rings (SSSR count). The molecule has 1 amide bonds. The Hall–Kier alpha value is -2.11. The van der Waals surface area contributed by atoms with Crippen molar-refractivity contribution < 1.29 is 9.83 Å². The van der Waals surface area contributed by atoms with Crippen molar-refractivity contribution in [2.75, 3.05) is 7.05 Å². The number of hydrogen-bond donors (Lipinski definition) is 1. The van der Waals surface area contributed by atoms with E-state index in [1.165, 1.54) is 7.05 Å². The highest BCUT2D eigenvalue weighted by Crippen LogP contribution is 2.00. The highest BCUT2D eigenvalue weighted by atomic mass is 16.7. The maximum Gasteiger partial charge on any atom is 0.253 e. The van der Waals surface area contributed by atoms with E-state index in [9.17, 15) is 14.9 Å². The molecule has 0 heterocycles. The highest BCUT2D eigenvalue weighted by Gasteiger charge is 2.19. The summed E-state index contributed by atoms with van der Waals surface area (Å²) in [4.78, 5) is 22.1. The summed E-state index contributed by atoms with van der Waals surface area (Å²) in [5.41, 5.74) is 0.478. The molecular weight excluding hydrogens is 210 g/mol. The Morgan fingerprint density at radius 1 is 1.44 bits per heavy atom. The van der Waals surface area contributed by atoms with Crippen molar-refractivity contribution in [2.45, 2.75) is 13.1 Å². The monoisotopic (exact) mass is 223 g/mol. The molecule has 1 atom stereocenters. The van der Waals surface area contributed by atoms with Gasteiger partial charge in [0, 0.05) is 5.56 Å². The molecule has 0 unspecified atom stereocenters. The smallest absolute Gasteiger partial charge is 0.253 e. The predicted octanol–water partition coefficient (Wildman–Crippen LogP) is 0.886. The van der Waals surface area contributed by atoms with Crippen LogP contribution in [0.15, 0.2) is 30.3 Å². The van der Waals surface area contributed by atoms with E-state index in [1.807, 2.05) is 0 Å². The van der Waals surface area contributed by atoms with E-state index >= 15 is 0 Å². The molecule has 1 aromatic rings. The van der Waals surface area contributed by atoms with Gasteiger partial charge in [-0.15, -0.1) is 5.01 Å². The number of carbonyl (C=O) groups excluding carboxylic acids is 1. The fourth-order valence-corrected chi connectivity index (χ4v) is 1.10. The zero-order chi connectivity index (χ0) is 12.1. The number of hydrazine groups is 1. The summed E-state index contributed by atoms with van der Waals surface area (Å²) < 4.78 is 0. The number of amides is 1. The lowest BCUT2D eigenvalue weighted by Crippen LogP contribution is -2.46. The molecule has 0 radical (unpaired) electrons. The number of hydrogen-bond acceptors (Lipinski definition) is 3. The van der Waals surface area contributed by atoms with Crippen LogP contribution in [0.3, 0.4) is 0 Å². The van der Waals surface area contributed by atoms with Gasteiger partial charge in [-0.1, -0.05) is 18.2 Å². The molecule has 0 fully saturated rings. The fourth-order valence-electron chi connectivity index (χ4n) is 1.10. The van der Waals surface area contributed by atoms with E-state index in [0.29, 0.717) is 5.56 Å². The maximum atomic E-state index is 11.6. The normalized spacial score (nSPS) is 11.6. The maximum absolute atomic E-state index is 11.6. The lowest BCUT2D eigenvalue weighted by molar-refractivity contribution is -0.657. The molecule has 0 spiro atoms. The van der Waals surface area contributed by atoms with Crippen molar-refractivity contribution >= 4 is 5.91 Å². The summed E-state index contributed by atoms with van der Waals surface area (Å²) in [5, 5.41) is 13.2. The third kappa shape index (κ3) is 2.94. The molecule has 0 saturated carbocycles. The molecule has 1 aromatic carbocycles. The van der Waals surface area contributed by atoms with E-state index in [-0.39, 0.29) is 5.91 Å². The number of nitrogens with one attached hydrogen (secondary N) is 1. The number of benzene rings is 1. The largest absolute Gasteiger partial charge is 0.327 e. The predicted molar refractivity (Wildman–Crippen MR) is 58.1 cm³/mol. The van der Waals surface area contributed by atoms with Crippen LogP contribution >= 0.6 is 0 Å². The molecule has 6 heteroatoms. The summed E-state index contributed by atoms with van der Waals surface area (Å²) in [5.74, 6) is -0.332. The fraction of sp³-hybridized carbons (Fsp3) is 0.300. The molecule has 0 bridgehead atoms. The number of carbonyl (C=O) groups is 1. The number of nitro groups is 1. The Bertz CT molecular complexity index is 380. The first-order chi connectivity index (χ1) is 7.52. The van der Waals surface area contributed by atoms with Crippen LogP contribution in [0.25, 0.3) is 0 Å². The lowest BCUT2D eigenvalue weighted by atomic mass is 10.2. The van der Waals surface area contributed by atoms with Gasteiger partial charge < -0.3 is 5.32 Å².